The van der Waals surface area contributed by atoms with Crippen LogP contribution >= 0.6 is 0 Å². The molecule has 1 saturated heterocycles. The number of halogens is 1. The fourth-order valence-electron chi connectivity index (χ4n) is 2.36. The van der Waals surface area contributed by atoms with E-state index in [1.165, 1.54) is 48.5 Å². The summed E-state index contributed by atoms with van der Waals surface area (Å²) in [7, 11) is 0. The van der Waals surface area contributed by atoms with Crippen LogP contribution in [0.5, 0.6) is 5.75 Å². The van der Waals surface area contributed by atoms with Crippen molar-refractivity contribution < 1.29 is 19.1 Å². The van der Waals surface area contributed by atoms with Crippen LogP contribution in [0.1, 0.15) is 6.42 Å². The predicted octanol–water partition coefficient (Wildman–Crippen LogP) is 2.28. The van der Waals surface area contributed by atoms with Gasteiger partial charge in [0.15, 0.2) is 0 Å². The zero-order chi connectivity index (χ0) is 15.7. The van der Waals surface area contributed by atoms with Crippen molar-refractivity contribution in [1.82, 2.24) is 0 Å². The first-order valence-corrected chi connectivity index (χ1v) is 6.72. The van der Waals surface area contributed by atoms with Gasteiger partial charge >= 0.3 is 0 Å². The van der Waals surface area contributed by atoms with Crippen LogP contribution < -0.4 is 10.2 Å². The summed E-state index contributed by atoms with van der Waals surface area (Å²) in [6.45, 7) is 0. The van der Waals surface area contributed by atoms with Gasteiger partial charge in [-0.2, -0.15) is 0 Å². The number of phenols is 1. The van der Waals surface area contributed by atoms with Crippen LogP contribution in [0.15, 0.2) is 48.5 Å². The van der Waals surface area contributed by atoms with Gasteiger partial charge in [0.1, 0.15) is 17.6 Å². The molecular formula is C16H13FN2O3. The summed E-state index contributed by atoms with van der Waals surface area (Å²) < 4.78 is 12.9. The molecule has 2 N–H and O–H groups in total. The van der Waals surface area contributed by atoms with Crippen molar-refractivity contribution in [3.05, 3.63) is 54.3 Å². The largest absolute Gasteiger partial charge is 0.508 e. The van der Waals surface area contributed by atoms with Crippen molar-refractivity contribution in [3.63, 3.8) is 0 Å². The minimum atomic E-state index is -0.688. The number of aromatic hydroxyl groups is 1. The van der Waals surface area contributed by atoms with Crippen molar-refractivity contribution in [3.8, 4) is 5.75 Å². The topological polar surface area (TPSA) is 69.6 Å². The Kier molecular flexibility index (Phi) is 3.50. The fourth-order valence-corrected chi connectivity index (χ4v) is 2.36. The summed E-state index contributed by atoms with van der Waals surface area (Å²) in [5.41, 5.74) is 0.983. The second kappa shape index (κ2) is 5.48. The van der Waals surface area contributed by atoms with E-state index in [4.69, 9.17) is 0 Å². The van der Waals surface area contributed by atoms with E-state index in [0.717, 1.165) is 4.90 Å². The highest BCUT2D eigenvalue weighted by Crippen LogP contribution is 2.26. The van der Waals surface area contributed by atoms with E-state index in [2.05, 4.69) is 5.32 Å². The van der Waals surface area contributed by atoms with E-state index in [1.807, 2.05) is 0 Å². The number of nitrogens with one attached hydrogen (secondary N) is 1. The van der Waals surface area contributed by atoms with Crippen molar-refractivity contribution in [1.29, 1.82) is 0 Å². The Hall–Kier alpha value is -2.89. The molecule has 6 heteroatoms. The third kappa shape index (κ3) is 2.63. The number of rotatable bonds is 3. The summed E-state index contributed by atoms with van der Waals surface area (Å²) in [6, 6.07) is 10.7. The average Bonchev–Trinajstić information content (AvgIpc) is 2.77. The molecule has 112 valence electrons. The van der Waals surface area contributed by atoms with Crippen LogP contribution in [0.4, 0.5) is 15.8 Å². The molecule has 2 aromatic carbocycles. The van der Waals surface area contributed by atoms with Crippen LogP contribution in [0.2, 0.25) is 0 Å². The zero-order valence-corrected chi connectivity index (χ0v) is 11.5. The Morgan fingerprint density at radius 2 is 1.68 bits per heavy atom. The molecule has 5 nitrogen and oxygen atoms in total. The van der Waals surface area contributed by atoms with Crippen molar-refractivity contribution >= 4 is 23.2 Å². The molecule has 0 unspecified atom stereocenters. The standard InChI is InChI=1S/C16H13FN2O3/c17-10-1-3-11(4-2-10)18-14-9-15(21)19(16(14)22)12-5-7-13(20)8-6-12/h1-8,14,18,20H,9H2/t14-/m1/s1. The second-order valence-corrected chi connectivity index (χ2v) is 4.99. The molecule has 0 saturated carbocycles. The minimum Gasteiger partial charge on any atom is -0.508 e. The molecule has 1 fully saturated rings. The first-order chi connectivity index (χ1) is 10.5. The number of hydrogen-bond donors (Lipinski definition) is 2. The molecule has 0 aromatic heterocycles. The lowest BCUT2D eigenvalue weighted by molar-refractivity contribution is -0.121. The number of carbonyl (C=O) groups is 2. The van der Waals surface area contributed by atoms with Gasteiger partial charge in [0.25, 0.3) is 5.91 Å². The molecule has 0 spiro atoms. The summed E-state index contributed by atoms with van der Waals surface area (Å²) in [5.74, 6) is -1.01. The molecule has 0 radical (unpaired) electrons. The molecule has 0 bridgehead atoms. The number of hydrogen-bond acceptors (Lipinski definition) is 4. The number of imide groups is 1. The monoisotopic (exact) mass is 300 g/mol. The Morgan fingerprint density at radius 1 is 1.05 bits per heavy atom. The summed E-state index contributed by atoms with van der Waals surface area (Å²) in [4.78, 5) is 25.5. The Morgan fingerprint density at radius 3 is 2.32 bits per heavy atom. The minimum absolute atomic E-state index is 0.0249. The number of carbonyl (C=O) groups excluding carboxylic acids is 2. The normalized spacial score (nSPS) is 17.9. The van der Waals surface area contributed by atoms with E-state index >= 15 is 0 Å². The van der Waals surface area contributed by atoms with E-state index < -0.39 is 6.04 Å². The van der Waals surface area contributed by atoms with Gasteiger partial charge in [-0.15, -0.1) is 0 Å². The van der Waals surface area contributed by atoms with Gasteiger partial charge < -0.3 is 10.4 Å². The number of benzene rings is 2. The Bertz CT molecular complexity index is 713. The number of nitrogens with zero attached hydrogens (tertiary/aromatic N) is 1. The molecule has 1 aliphatic rings. The third-order valence-corrected chi connectivity index (χ3v) is 3.44. The smallest absolute Gasteiger partial charge is 0.256 e. The maximum atomic E-state index is 12.9. The van der Waals surface area contributed by atoms with Gasteiger partial charge in [0.2, 0.25) is 5.91 Å². The quantitative estimate of drug-likeness (QED) is 0.853. The van der Waals surface area contributed by atoms with E-state index in [-0.39, 0.29) is 29.8 Å². The van der Waals surface area contributed by atoms with E-state index in [9.17, 15) is 19.1 Å². The number of amides is 2. The fraction of sp³-hybridized carbons (Fsp3) is 0.125. The maximum Gasteiger partial charge on any atom is 0.256 e. The number of phenolic OH excluding ortho intramolecular Hbond substituents is 1. The highest BCUT2D eigenvalue weighted by molar-refractivity contribution is 6.23. The molecule has 0 aliphatic carbocycles. The Balaban J connectivity index is 1.79. The molecule has 1 atom stereocenters. The van der Waals surface area contributed by atoms with Crippen molar-refractivity contribution in [2.75, 3.05) is 10.2 Å². The molecule has 1 heterocycles. The van der Waals surface area contributed by atoms with Crippen LogP contribution in [0, 0.1) is 5.82 Å². The highest BCUT2D eigenvalue weighted by Gasteiger charge is 2.39. The first-order valence-electron chi connectivity index (χ1n) is 6.72. The van der Waals surface area contributed by atoms with E-state index in [1.54, 1.807) is 0 Å². The van der Waals surface area contributed by atoms with Gasteiger partial charge in [-0.05, 0) is 48.5 Å². The summed E-state index contributed by atoms with van der Waals surface area (Å²) in [5, 5.41) is 12.2. The van der Waals surface area contributed by atoms with Crippen LogP contribution in [-0.2, 0) is 9.59 Å². The van der Waals surface area contributed by atoms with Crippen molar-refractivity contribution in [2.24, 2.45) is 0 Å². The molecule has 2 aromatic rings. The van der Waals surface area contributed by atoms with Gasteiger partial charge in [-0.1, -0.05) is 0 Å². The maximum absolute atomic E-state index is 12.9. The molecule has 1 aliphatic heterocycles. The van der Waals surface area contributed by atoms with Gasteiger partial charge in [-0.25, -0.2) is 9.29 Å². The van der Waals surface area contributed by atoms with Gasteiger partial charge in [-0.3, -0.25) is 9.59 Å². The molecule has 22 heavy (non-hydrogen) atoms. The summed E-state index contributed by atoms with van der Waals surface area (Å²) >= 11 is 0. The van der Waals surface area contributed by atoms with E-state index in [0.29, 0.717) is 11.4 Å². The van der Waals surface area contributed by atoms with Crippen molar-refractivity contribution in [2.45, 2.75) is 12.5 Å². The molecular weight excluding hydrogens is 287 g/mol. The SMILES string of the molecule is O=C1C[C@@H](Nc2ccc(F)cc2)C(=O)N1c1ccc(O)cc1. The zero-order valence-electron chi connectivity index (χ0n) is 11.5. The van der Waals surface area contributed by atoms with Gasteiger partial charge in [0.05, 0.1) is 12.1 Å². The van der Waals surface area contributed by atoms with Crippen LogP contribution in [0.3, 0.4) is 0 Å². The average molecular weight is 300 g/mol. The Labute approximate surface area is 126 Å². The third-order valence-electron chi connectivity index (χ3n) is 3.44. The molecule has 3 rings (SSSR count). The van der Waals surface area contributed by atoms with Crippen LogP contribution in [0.25, 0.3) is 0 Å². The predicted molar refractivity (Wildman–Crippen MR) is 79.0 cm³/mol. The first kappa shape index (κ1) is 14.1. The molecule has 2 amide bonds. The second-order valence-electron chi connectivity index (χ2n) is 4.99. The lowest BCUT2D eigenvalue weighted by Crippen LogP contribution is -2.34. The highest BCUT2D eigenvalue weighted by atomic mass is 19.1. The number of anilines is 2. The van der Waals surface area contributed by atoms with Crippen LogP contribution in [-0.4, -0.2) is 23.0 Å². The summed E-state index contributed by atoms with van der Waals surface area (Å²) in [6.07, 6.45) is 0.0249. The van der Waals surface area contributed by atoms with Gasteiger partial charge in [0, 0.05) is 5.69 Å². The lowest BCUT2D eigenvalue weighted by atomic mass is 10.2. The lowest BCUT2D eigenvalue weighted by Gasteiger charge is -2.16.